The van der Waals surface area contributed by atoms with Gasteiger partial charge >= 0.3 is 5.97 Å². The molecule has 251 valence electrons. The number of rotatable bonds is 7. The van der Waals surface area contributed by atoms with Crippen molar-refractivity contribution in [3.05, 3.63) is 156 Å². The van der Waals surface area contributed by atoms with Crippen molar-refractivity contribution in [3.8, 4) is 17.4 Å². The fraction of sp³-hybridized carbons (Fsp3) is 0.105. The third kappa shape index (κ3) is 7.95. The molecule has 0 amide bonds. The van der Waals surface area contributed by atoms with E-state index in [1.165, 1.54) is 5.56 Å². The normalized spacial score (nSPS) is 10.5. The minimum absolute atomic E-state index is 0. The van der Waals surface area contributed by atoms with E-state index in [9.17, 15) is 15.2 Å². The summed E-state index contributed by atoms with van der Waals surface area (Å²) in [5.74, 6) is -1.01. The van der Waals surface area contributed by atoms with Crippen molar-refractivity contribution in [2.45, 2.75) is 12.8 Å². The van der Waals surface area contributed by atoms with Crippen molar-refractivity contribution < 1.29 is 49.5 Å². The first-order valence-electron chi connectivity index (χ1n) is 15.6. The molecule has 0 saturated carbocycles. The average molecular weight is 881 g/mol. The fourth-order valence-electron chi connectivity index (χ4n) is 6.04. The van der Waals surface area contributed by atoms with Crippen molar-refractivity contribution >= 4 is 28.0 Å². The van der Waals surface area contributed by atoms with Crippen molar-refractivity contribution in [1.29, 1.82) is 5.26 Å². The SMILES string of the molecule is Cn1ccc2nc(C#N)cc(Cc3ccc(-n4cccn4)cc3)c21.Cn1ccc2nc(C(=O)O)cc(Cc3ccc(-n4cccn4)cc3)c21.[V].[W]. The zero-order valence-corrected chi connectivity index (χ0v) is 32.0. The summed E-state index contributed by atoms with van der Waals surface area (Å²) >= 11 is 0. The Kier molecular flexibility index (Phi) is 11.5. The predicted octanol–water partition coefficient (Wildman–Crippen LogP) is 6.26. The summed E-state index contributed by atoms with van der Waals surface area (Å²) in [6, 6.07) is 29.6. The molecule has 0 spiro atoms. The van der Waals surface area contributed by atoms with Crippen molar-refractivity contribution in [1.82, 2.24) is 38.7 Å². The number of aryl methyl sites for hydroxylation is 2. The van der Waals surface area contributed by atoms with E-state index in [4.69, 9.17) is 0 Å². The van der Waals surface area contributed by atoms with E-state index in [0.29, 0.717) is 17.6 Å². The predicted molar refractivity (Wildman–Crippen MR) is 186 cm³/mol. The first-order valence-corrected chi connectivity index (χ1v) is 15.6. The number of pyridine rings is 2. The molecule has 0 aliphatic heterocycles. The molecule has 51 heavy (non-hydrogen) atoms. The molecular formula is C38H31N9O2VW. The molecule has 0 fully saturated rings. The van der Waals surface area contributed by atoms with Gasteiger partial charge in [0.2, 0.25) is 0 Å². The molecule has 1 N–H and O–H groups in total. The van der Waals surface area contributed by atoms with Gasteiger partial charge in [-0.15, -0.1) is 0 Å². The molecule has 13 heteroatoms. The largest absolute Gasteiger partial charge is 0.477 e. The number of hydrogen-bond donors (Lipinski definition) is 1. The molecule has 11 nitrogen and oxygen atoms in total. The number of carboxylic acids is 1. The maximum Gasteiger partial charge on any atom is 0.354 e. The summed E-state index contributed by atoms with van der Waals surface area (Å²) in [4.78, 5) is 19.9. The second kappa shape index (κ2) is 16.0. The van der Waals surface area contributed by atoms with Gasteiger partial charge in [0.15, 0.2) is 0 Å². The molecule has 0 unspecified atom stereocenters. The Morgan fingerprint density at radius 2 is 1.18 bits per heavy atom. The molecule has 8 rings (SSSR count). The monoisotopic (exact) mass is 880 g/mol. The molecule has 0 saturated heterocycles. The van der Waals surface area contributed by atoms with E-state index in [-0.39, 0.29) is 45.3 Å². The van der Waals surface area contributed by atoms with Crippen LogP contribution < -0.4 is 0 Å². The van der Waals surface area contributed by atoms with Gasteiger partial charge in [0.05, 0.1) is 33.4 Å². The molecular weight excluding hydrogens is 849 g/mol. The van der Waals surface area contributed by atoms with Gasteiger partial charge in [0.25, 0.3) is 0 Å². The number of carbonyl (C=O) groups is 1. The van der Waals surface area contributed by atoms with Crippen LogP contribution in [0.25, 0.3) is 33.4 Å². The fourth-order valence-corrected chi connectivity index (χ4v) is 6.04. The average Bonchev–Trinajstić information content (AvgIpc) is 3.95. The van der Waals surface area contributed by atoms with Crippen molar-refractivity contribution in [3.63, 3.8) is 0 Å². The van der Waals surface area contributed by atoms with E-state index in [2.05, 4.69) is 55.1 Å². The first kappa shape index (κ1) is 36.7. The van der Waals surface area contributed by atoms with E-state index >= 15 is 0 Å². The number of carboxylic acid groups (broad SMARTS) is 1. The van der Waals surface area contributed by atoms with Crippen LogP contribution >= 0.6 is 0 Å². The molecule has 0 aliphatic rings. The van der Waals surface area contributed by atoms with Gasteiger partial charge in [-0.1, -0.05) is 24.3 Å². The van der Waals surface area contributed by atoms with Crippen LogP contribution in [-0.2, 0) is 66.6 Å². The number of aromatic nitrogens is 8. The van der Waals surface area contributed by atoms with Crippen LogP contribution in [0.5, 0.6) is 0 Å². The molecule has 0 aliphatic carbocycles. The van der Waals surface area contributed by atoms with E-state index in [0.717, 1.165) is 51.0 Å². The molecule has 8 aromatic rings. The zero-order chi connectivity index (χ0) is 33.9. The van der Waals surface area contributed by atoms with Gasteiger partial charge in [-0.3, -0.25) is 0 Å². The van der Waals surface area contributed by atoms with Gasteiger partial charge < -0.3 is 14.2 Å². The summed E-state index contributed by atoms with van der Waals surface area (Å²) in [6.45, 7) is 0. The Bertz CT molecular complexity index is 2440. The standard InChI is InChI=1S/C19H15N5.C19H16N4O2.V.W/c1-23-10-7-18-19(23)15(12-16(13-20)22-18)11-14-3-5-17(6-4-14)24-9-2-8-21-24;1-22-10-7-16-18(22)14(12-17(21-16)19(24)25)11-13-3-5-15(6-4-13)23-9-2-8-20-23;;/h2-10,12H,11H2,1H3;2-10,12H,11H2,1H3,(H,24,25);;. The van der Waals surface area contributed by atoms with Crippen LogP contribution in [0.4, 0.5) is 0 Å². The third-order valence-electron chi connectivity index (χ3n) is 8.35. The Morgan fingerprint density at radius 3 is 1.61 bits per heavy atom. The molecule has 2 aromatic carbocycles. The Balaban J connectivity index is 0.000000190. The first-order chi connectivity index (χ1) is 23.9. The number of hydrogen-bond acceptors (Lipinski definition) is 6. The van der Waals surface area contributed by atoms with Crippen molar-refractivity contribution in [2.75, 3.05) is 0 Å². The summed E-state index contributed by atoms with van der Waals surface area (Å²) in [5.41, 5.74) is 10.5. The van der Waals surface area contributed by atoms with Crippen LogP contribution in [0.3, 0.4) is 0 Å². The Morgan fingerprint density at radius 1 is 0.706 bits per heavy atom. The quantitative estimate of drug-likeness (QED) is 0.200. The molecule has 0 bridgehead atoms. The molecule has 6 heterocycles. The Hall–Kier alpha value is -5.53. The molecule has 6 aromatic heterocycles. The van der Waals surface area contributed by atoms with E-state index in [1.54, 1.807) is 23.1 Å². The third-order valence-corrected chi connectivity index (χ3v) is 8.35. The molecule has 0 atom stereocenters. The minimum Gasteiger partial charge on any atom is -0.477 e. The van der Waals surface area contributed by atoms with Crippen LogP contribution in [0.15, 0.2) is 122 Å². The van der Waals surface area contributed by atoms with Gasteiger partial charge in [-0.2, -0.15) is 15.5 Å². The number of nitriles is 1. The van der Waals surface area contributed by atoms with Crippen LogP contribution in [-0.4, -0.2) is 49.7 Å². The van der Waals surface area contributed by atoms with Gasteiger partial charge in [0, 0.05) is 90.9 Å². The minimum atomic E-state index is -1.01. The topological polar surface area (TPSA) is 132 Å². The maximum absolute atomic E-state index is 11.4. The number of fused-ring (bicyclic) bond motifs is 2. The zero-order valence-electron chi connectivity index (χ0n) is 27.7. The summed E-state index contributed by atoms with van der Waals surface area (Å²) in [7, 11) is 3.94. The van der Waals surface area contributed by atoms with Crippen LogP contribution in [0.2, 0.25) is 0 Å². The van der Waals surface area contributed by atoms with Crippen LogP contribution in [0.1, 0.15) is 38.4 Å². The van der Waals surface area contributed by atoms with Gasteiger partial charge in [0.1, 0.15) is 17.5 Å². The van der Waals surface area contributed by atoms with Gasteiger partial charge in [-0.25, -0.2) is 24.1 Å². The van der Waals surface area contributed by atoms with E-state index < -0.39 is 5.97 Å². The Labute approximate surface area is 320 Å². The maximum atomic E-state index is 11.4. The summed E-state index contributed by atoms with van der Waals surface area (Å²) in [6.07, 6.45) is 12.6. The molecule has 1 radical (unpaired) electrons. The summed E-state index contributed by atoms with van der Waals surface area (Å²) in [5, 5.41) is 27.0. The number of nitrogens with zero attached hydrogens (tertiary/aromatic N) is 9. The van der Waals surface area contributed by atoms with Crippen molar-refractivity contribution in [2.24, 2.45) is 14.1 Å². The smallest absolute Gasteiger partial charge is 0.354 e. The second-order valence-corrected chi connectivity index (χ2v) is 11.7. The second-order valence-electron chi connectivity index (χ2n) is 11.7. The van der Waals surface area contributed by atoms with E-state index in [1.807, 2.05) is 103 Å². The van der Waals surface area contributed by atoms with Gasteiger partial charge in [-0.05, 0) is 95.8 Å². The number of benzene rings is 2. The summed E-state index contributed by atoms with van der Waals surface area (Å²) < 4.78 is 7.66. The van der Waals surface area contributed by atoms with Crippen LogP contribution in [0, 0.1) is 11.3 Å². The number of aromatic carboxylic acids is 1.